The van der Waals surface area contributed by atoms with Crippen LogP contribution < -0.4 is 5.32 Å². The Kier molecular flexibility index (Phi) is 8.41. The largest absolute Gasteiger partial charge is 0.346 e. The van der Waals surface area contributed by atoms with Crippen molar-refractivity contribution in [1.29, 1.82) is 5.26 Å². The zero-order chi connectivity index (χ0) is 19.5. The van der Waals surface area contributed by atoms with Crippen LogP contribution in [0.4, 0.5) is 4.39 Å². The summed E-state index contributed by atoms with van der Waals surface area (Å²) in [6.07, 6.45) is 0. The van der Waals surface area contributed by atoms with Gasteiger partial charge in [-0.05, 0) is 37.6 Å². The minimum absolute atomic E-state index is 0.256. The molecule has 1 N–H and O–H groups in total. The molecule has 0 fully saturated rings. The highest BCUT2D eigenvalue weighted by Gasteiger charge is 2.11. The molecule has 0 bridgehead atoms. The van der Waals surface area contributed by atoms with Gasteiger partial charge >= 0.3 is 0 Å². The third kappa shape index (κ3) is 5.65. The Morgan fingerprint density at radius 1 is 1.08 bits per heavy atom. The lowest BCUT2D eigenvalue weighted by atomic mass is 10.1. The predicted octanol–water partition coefficient (Wildman–Crippen LogP) is 5.57. The smallest absolute Gasteiger partial charge is 0.132 e. The molecule has 0 atom stereocenters. The van der Waals surface area contributed by atoms with Crippen molar-refractivity contribution in [3.05, 3.63) is 88.9 Å². The van der Waals surface area contributed by atoms with Gasteiger partial charge < -0.3 is 5.32 Å². The number of rotatable bonds is 3. The van der Waals surface area contributed by atoms with Crippen molar-refractivity contribution < 1.29 is 4.39 Å². The second-order valence-electron chi connectivity index (χ2n) is 5.26. The molecule has 26 heavy (non-hydrogen) atoms. The van der Waals surface area contributed by atoms with E-state index in [0.29, 0.717) is 16.8 Å². The Bertz CT molecular complexity index is 871. The second-order valence-corrected chi connectivity index (χ2v) is 5.26. The second kappa shape index (κ2) is 10.5. The molecule has 0 amide bonds. The first kappa shape index (κ1) is 20.7. The van der Waals surface area contributed by atoms with E-state index in [0.717, 1.165) is 11.1 Å². The quantitative estimate of drug-likeness (QED) is 0.582. The number of aryl methyl sites for hydroxylation is 1. The summed E-state index contributed by atoms with van der Waals surface area (Å²) in [6, 6.07) is 16.4. The van der Waals surface area contributed by atoms with Crippen LogP contribution in [-0.4, -0.2) is 0 Å². The van der Waals surface area contributed by atoms with E-state index in [-0.39, 0.29) is 11.5 Å². The maximum Gasteiger partial charge on any atom is 0.132 e. The SMILES string of the molecule is C=C(N/C(C#N)=C(\C)C#Cc1ccccc1)c1c(C)cccc1F.CC. The van der Waals surface area contributed by atoms with Crippen molar-refractivity contribution in [2.75, 3.05) is 0 Å². The molecule has 0 saturated carbocycles. The molecule has 0 aliphatic carbocycles. The highest BCUT2D eigenvalue weighted by Crippen LogP contribution is 2.20. The highest BCUT2D eigenvalue weighted by molar-refractivity contribution is 5.68. The molecule has 0 heterocycles. The molecule has 132 valence electrons. The van der Waals surface area contributed by atoms with E-state index < -0.39 is 0 Å². The number of nitrogens with zero attached hydrogens (tertiary/aromatic N) is 1. The number of allylic oxidation sites excluding steroid dienone is 2. The van der Waals surface area contributed by atoms with Crippen LogP contribution in [0.25, 0.3) is 5.70 Å². The lowest BCUT2D eigenvalue weighted by molar-refractivity contribution is 0.621. The van der Waals surface area contributed by atoms with Crippen molar-refractivity contribution in [1.82, 2.24) is 5.32 Å². The third-order valence-corrected chi connectivity index (χ3v) is 3.45. The van der Waals surface area contributed by atoms with Crippen LogP contribution in [0, 0.1) is 35.9 Å². The number of nitrogens with one attached hydrogen (secondary N) is 1. The first-order valence-electron chi connectivity index (χ1n) is 8.42. The highest BCUT2D eigenvalue weighted by atomic mass is 19.1. The van der Waals surface area contributed by atoms with Crippen molar-refractivity contribution in [2.24, 2.45) is 0 Å². The third-order valence-electron chi connectivity index (χ3n) is 3.45. The van der Waals surface area contributed by atoms with Gasteiger partial charge in [0.15, 0.2) is 0 Å². The molecule has 0 saturated heterocycles. The minimum atomic E-state index is -0.377. The van der Waals surface area contributed by atoms with Crippen LogP contribution in [0.5, 0.6) is 0 Å². The van der Waals surface area contributed by atoms with Gasteiger partial charge in [-0.25, -0.2) is 4.39 Å². The first-order valence-corrected chi connectivity index (χ1v) is 8.42. The molecule has 2 aromatic carbocycles. The predicted molar refractivity (Wildman–Crippen MR) is 106 cm³/mol. The van der Waals surface area contributed by atoms with E-state index in [2.05, 4.69) is 29.8 Å². The first-order chi connectivity index (χ1) is 12.5. The standard InChI is InChI=1S/C21H17FN2.C2H6/c1-15(12-13-18-9-5-4-6-10-18)20(14-23)24-17(3)21-16(2)8-7-11-19(21)22;1-2/h4-11,24H,3H2,1-2H3;1-2H3/b20-15+;. The molecule has 3 heteroatoms. The Morgan fingerprint density at radius 3 is 2.31 bits per heavy atom. The van der Waals surface area contributed by atoms with Gasteiger partial charge in [-0.3, -0.25) is 0 Å². The normalized spacial score (nSPS) is 10.2. The van der Waals surface area contributed by atoms with E-state index >= 15 is 0 Å². The van der Waals surface area contributed by atoms with E-state index in [9.17, 15) is 9.65 Å². The number of halogens is 1. The van der Waals surface area contributed by atoms with Gasteiger partial charge in [0.2, 0.25) is 0 Å². The Labute approximate surface area is 155 Å². The fraction of sp³-hybridized carbons (Fsp3) is 0.174. The lowest BCUT2D eigenvalue weighted by Gasteiger charge is -2.12. The molecule has 2 aromatic rings. The van der Waals surface area contributed by atoms with Crippen molar-refractivity contribution in [2.45, 2.75) is 27.7 Å². The van der Waals surface area contributed by atoms with Gasteiger partial charge in [0.1, 0.15) is 17.6 Å². The summed E-state index contributed by atoms with van der Waals surface area (Å²) in [5.74, 6) is 5.56. The summed E-state index contributed by atoms with van der Waals surface area (Å²) in [5.41, 5.74) is 3.13. The monoisotopic (exact) mass is 346 g/mol. The lowest BCUT2D eigenvalue weighted by Crippen LogP contribution is -2.13. The molecule has 0 aromatic heterocycles. The maximum atomic E-state index is 14.0. The van der Waals surface area contributed by atoms with E-state index in [1.54, 1.807) is 26.0 Å². The summed E-state index contributed by atoms with van der Waals surface area (Å²) >= 11 is 0. The maximum absolute atomic E-state index is 14.0. The van der Waals surface area contributed by atoms with Crippen LogP contribution in [-0.2, 0) is 0 Å². The van der Waals surface area contributed by atoms with Gasteiger partial charge in [-0.1, -0.05) is 62.6 Å². The van der Waals surface area contributed by atoms with Crippen molar-refractivity contribution in [3.63, 3.8) is 0 Å². The fourth-order valence-corrected chi connectivity index (χ4v) is 2.18. The molecule has 0 aliphatic rings. The molecular weight excluding hydrogens is 323 g/mol. The average Bonchev–Trinajstić information content (AvgIpc) is 2.66. The minimum Gasteiger partial charge on any atom is -0.346 e. The van der Waals surface area contributed by atoms with E-state index in [4.69, 9.17) is 0 Å². The summed E-state index contributed by atoms with van der Waals surface area (Å²) in [7, 11) is 0. The van der Waals surface area contributed by atoms with E-state index in [1.807, 2.05) is 44.2 Å². The summed E-state index contributed by atoms with van der Waals surface area (Å²) in [6.45, 7) is 11.4. The molecule has 2 rings (SSSR count). The van der Waals surface area contributed by atoms with Gasteiger partial charge in [0, 0.05) is 22.4 Å². The Balaban J connectivity index is 0.00000163. The van der Waals surface area contributed by atoms with Gasteiger partial charge in [-0.2, -0.15) is 5.26 Å². The number of hydrogen-bond donors (Lipinski definition) is 1. The van der Waals surface area contributed by atoms with Gasteiger partial charge in [0.25, 0.3) is 0 Å². The van der Waals surface area contributed by atoms with Gasteiger partial charge in [0.05, 0.1) is 0 Å². The van der Waals surface area contributed by atoms with Crippen LogP contribution in [0.15, 0.2) is 66.4 Å². The van der Waals surface area contributed by atoms with Crippen LogP contribution in [0.1, 0.15) is 37.5 Å². The van der Waals surface area contributed by atoms with Crippen LogP contribution >= 0.6 is 0 Å². The number of nitriles is 1. The van der Waals surface area contributed by atoms with E-state index in [1.165, 1.54) is 6.07 Å². The summed E-state index contributed by atoms with van der Waals surface area (Å²) in [4.78, 5) is 0. The fourth-order valence-electron chi connectivity index (χ4n) is 2.18. The molecule has 0 unspecified atom stereocenters. The Hall–Kier alpha value is -3.30. The van der Waals surface area contributed by atoms with Crippen LogP contribution in [0.2, 0.25) is 0 Å². The van der Waals surface area contributed by atoms with Gasteiger partial charge in [-0.15, -0.1) is 0 Å². The number of benzene rings is 2. The van der Waals surface area contributed by atoms with Crippen molar-refractivity contribution in [3.8, 4) is 17.9 Å². The summed E-state index contributed by atoms with van der Waals surface area (Å²) < 4.78 is 14.0. The zero-order valence-corrected chi connectivity index (χ0v) is 15.7. The topological polar surface area (TPSA) is 35.8 Å². The molecule has 2 nitrogen and oxygen atoms in total. The zero-order valence-electron chi connectivity index (χ0n) is 15.7. The summed E-state index contributed by atoms with van der Waals surface area (Å²) in [5, 5.41) is 12.2. The van der Waals surface area contributed by atoms with Crippen LogP contribution in [0.3, 0.4) is 0 Å². The molecular formula is C23H23FN2. The van der Waals surface area contributed by atoms with Crippen molar-refractivity contribution >= 4 is 5.70 Å². The molecule has 0 spiro atoms. The molecule has 0 aliphatic heterocycles. The molecule has 0 radical (unpaired) electrons. The average molecular weight is 346 g/mol. The Morgan fingerprint density at radius 2 is 1.73 bits per heavy atom. The number of hydrogen-bond acceptors (Lipinski definition) is 2.